The number of carboxylic acid groups (broad SMARTS) is 1. The number of carboxylic acids is 1. The Morgan fingerprint density at radius 1 is 1.53 bits per heavy atom. The molecule has 0 spiro atoms. The Kier molecular flexibility index (Phi) is 4.74. The van der Waals surface area contributed by atoms with E-state index < -0.39 is 5.97 Å². The van der Waals surface area contributed by atoms with Gasteiger partial charge in [0.05, 0.1) is 6.10 Å². The van der Waals surface area contributed by atoms with Crippen LogP contribution >= 0.6 is 0 Å². The van der Waals surface area contributed by atoms with E-state index in [0.717, 1.165) is 6.42 Å². The van der Waals surface area contributed by atoms with Crippen molar-refractivity contribution in [3.05, 3.63) is 0 Å². The van der Waals surface area contributed by atoms with E-state index in [0.29, 0.717) is 13.1 Å². The number of hydrogen-bond donors (Lipinski definition) is 1. The third-order valence-corrected chi connectivity index (χ3v) is 2.92. The zero-order valence-electron chi connectivity index (χ0n) is 10.5. The van der Waals surface area contributed by atoms with Crippen molar-refractivity contribution in [1.82, 2.24) is 9.80 Å². The molecule has 0 saturated carbocycles. The normalized spacial score (nSPS) is 19.8. The van der Waals surface area contributed by atoms with Crippen LogP contribution in [0.1, 0.15) is 20.3 Å². The van der Waals surface area contributed by atoms with Crippen molar-refractivity contribution in [3.8, 4) is 0 Å². The molecule has 6 nitrogen and oxygen atoms in total. The van der Waals surface area contributed by atoms with Gasteiger partial charge in [-0.1, -0.05) is 0 Å². The average molecular weight is 244 g/mol. The minimum atomic E-state index is -0.991. The summed E-state index contributed by atoms with van der Waals surface area (Å²) in [5.74, 6) is -0.991. The van der Waals surface area contributed by atoms with Crippen LogP contribution < -0.4 is 0 Å². The molecule has 0 aliphatic carbocycles. The highest BCUT2D eigenvalue weighted by Crippen LogP contribution is 2.15. The number of carbonyl (C=O) groups is 2. The van der Waals surface area contributed by atoms with Crippen molar-refractivity contribution in [2.24, 2.45) is 0 Å². The van der Waals surface area contributed by atoms with Crippen LogP contribution in [0.15, 0.2) is 0 Å². The molecule has 98 valence electrons. The summed E-state index contributed by atoms with van der Waals surface area (Å²) < 4.78 is 5.18. The molecule has 6 heteroatoms. The van der Waals surface area contributed by atoms with Gasteiger partial charge >= 0.3 is 12.0 Å². The topological polar surface area (TPSA) is 70.1 Å². The number of rotatable bonds is 4. The smallest absolute Gasteiger partial charge is 0.323 e. The highest BCUT2D eigenvalue weighted by molar-refractivity contribution is 5.80. The number of hydrogen-bond acceptors (Lipinski definition) is 3. The van der Waals surface area contributed by atoms with Crippen LogP contribution in [0.25, 0.3) is 0 Å². The Bertz CT molecular complexity index is 293. The van der Waals surface area contributed by atoms with Crippen LogP contribution in [0.5, 0.6) is 0 Å². The van der Waals surface area contributed by atoms with Crippen molar-refractivity contribution in [2.45, 2.75) is 32.4 Å². The van der Waals surface area contributed by atoms with Gasteiger partial charge in [0.2, 0.25) is 0 Å². The molecule has 1 N–H and O–H groups in total. The maximum absolute atomic E-state index is 12.1. The second-order valence-electron chi connectivity index (χ2n) is 4.49. The standard InChI is InChI=1S/C11H20N2O4/c1-8(2)13(7-10(14)15)11(16)12-5-4-9(6-12)17-3/h8-9H,4-7H2,1-3H3,(H,14,15). The van der Waals surface area contributed by atoms with Gasteiger partial charge in [-0.15, -0.1) is 0 Å². The van der Waals surface area contributed by atoms with E-state index in [1.807, 2.05) is 13.8 Å². The molecular weight excluding hydrogens is 224 g/mol. The quantitative estimate of drug-likeness (QED) is 0.787. The summed E-state index contributed by atoms with van der Waals surface area (Å²) >= 11 is 0. The minimum Gasteiger partial charge on any atom is -0.480 e. The van der Waals surface area contributed by atoms with Gasteiger partial charge in [-0.25, -0.2) is 4.79 Å². The second-order valence-corrected chi connectivity index (χ2v) is 4.49. The number of ether oxygens (including phenoxy) is 1. The van der Waals surface area contributed by atoms with E-state index in [4.69, 9.17) is 9.84 Å². The van der Waals surface area contributed by atoms with Crippen molar-refractivity contribution in [2.75, 3.05) is 26.7 Å². The van der Waals surface area contributed by atoms with Crippen LogP contribution in [0.3, 0.4) is 0 Å². The van der Waals surface area contributed by atoms with E-state index in [1.54, 1.807) is 12.0 Å². The van der Waals surface area contributed by atoms with Gasteiger partial charge in [0.25, 0.3) is 0 Å². The van der Waals surface area contributed by atoms with E-state index in [1.165, 1.54) is 4.90 Å². The molecule has 0 aromatic rings. The van der Waals surface area contributed by atoms with Crippen LogP contribution in [0, 0.1) is 0 Å². The lowest BCUT2D eigenvalue weighted by Gasteiger charge is -2.29. The Morgan fingerprint density at radius 3 is 2.59 bits per heavy atom. The maximum Gasteiger partial charge on any atom is 0.323 e. The molecule has 17 heavy (non-hydrogen) atoms. The first-order valence-electron chi connectivity index (χ1n) is 5.75. The van der Waals surface area contributed by atoms with Gasteiger partial charge in [-0.3, -0.25) is 4.79 Å². The SMILES string of the molecule is COC1CCN(C(=O)N(CC(=O)O)C(C)C)C1. The fourth-order valence-corrected chi connectivity index (χ4v) is 1.89. The van der Waals surface area contributed by atoms with Crippen LogP contribution in [-0.2, 0) is 9.53 Å². The summed E-state index contributed by atoms with van der Waals surface area (Å²) in [6.45, 7) is 4.53. The first-order valence-corrected chi connectivity index (χ1v) is 5.75. The summed E-state index contributed by atoms with van der Waals surface area (Å²) in [6.07, 6.45) is 0.874. The molecule has 1 rings (SSSR count). The van der Waals surface area contributed by atoms with E-state index in [2.05, 4.69) is 0 Å². The molecule has 1 aliphatic heterocycles. The van der Waals surface area contributed by atoms with Crippen LogP contribution in [0.4, 0.5) is 4.79 Å². The third-order valence-electron chi connectivity index (χ3n) is 2.92. The van der Waals surface area contributed by atoms with Crippen molar-refractivity contribution in [3.63, 3.8) is 0 Å². The Balaban J connectivity index is 2.62. The van der Waals surface area contributed by atoms with Gasteiger partial charge < -0.3 is 19.6 Å². The molecule has 1 fully saturated rings. The van der Waals surface area contributed by atoms with Gasteiger partial charge in [0.1, 0.15) is 6.54 Å². The molecule has 0 aromatic heterocycles. The summed E-state index contributed by atoms with van der Waals surface area (Å²) in [7, 11) is 1.62. The molecule has 1 aliphatic rings. The highest BCUT2D eigenvalue weighted by Gasteiger charge is 2.31. The Morgan fingerprint density at radius 2 is 2.18 bits per heavy atom. The van der Waals surface area contributed by atoms with Gasteiger partial charge in [0.15, 0.2) is 0 Å². The monoisotopic (exact) mass is 244 g/mol. The molecule has 0 radical (unpaired) electrons. The number of likely N-dealkylation sites (tertiary alicyclic amines) is 1. The molecular formula is C11H20N2O4. The van der Waals surface area contributed by atoms with E-state index >= 15 is 0 Å². The molecule has 0 bridgehead atoms. The molecule has 1 unspecified atom stereocenters. The maximum atomic E-state index is 12.1. The highest BCUT2D eigenvalue weighted by atomic mass is 16.5. The molecule has 1 atom stereocenters. The first kappa shape index (κ1) is 13.8. The number of amides is 2. The number of methoxy groups -OCH3 is 1. The largest absolute Gasteiger partial charge is 0.480 e. The summed E-state index contributed by atoms with van der Waals surface area (Å²) in [5.41, 5.74) is 0. The molecule has 1 heterocycles. The number of aliphatic carboxylic acids is 1. The fourth-order valence-electron chi connectivity index (χ4n) is 1.89. The minimum absolute atomic E-state index is 0.0674. The van der Waals surface area contributed by atoms with Crippen molar-refractivity contribution >= 4 is 12.0 Å². The number of nitrogens with zero attached hydrogens (tertiary/aromatic N) is 2. The zero-order valence-corrected chi connectivity index (χ0v) is 10.5. The van der Waals surface area contributed by atoms with Crippen LogP contribution in [-0.4, -0.2) is 65.8 Å². The van der Waals surface area contributed by atoms with Gasteiger partial charge in [-0.2, -0.15) is 0 Å². The zero-order chi connectivity index (χ0) is 13.0. The number of urea groups is 1. The lowest BCUT2D eigenvalue weighted by molar-refractivity contribution is -0.138. The van der Waals surface area contributed by atoms with Gasteiger partial charge in [0, 0.05) is 26.2 Å². The average Bonchev–Trinajstić information content (AvgIpc) is 2.72. The molecule has 2 amide bonds. The summed E-state index contributed by atoms with van der Waals surface area (Å²) in [6, 6.07) is -0.345. The Labute approximate surface area is 101 Å². The van der Waals surface area contributed by atoms with Crippen LogP contribution in [0.2, 0.25) is 0 Å². The van der Waals surface area contributed by atoms with E-state index in [-0.39, 0.29) is 24.7 Å². The predicted octanol–water partition coefficient (Wildman–Crippen LogP) is 0.622. The summed E-state index contributed by atoms with van der Waals surface area (Å²) in [5, 5.41) is 8.79. The number of carbonyl (C=O) groups excluding carboxylic acids is 1. The fraction of sp³-hybridized carbons (Fsp3) is 0.818. The lowest BCUT2D eigenvalue weighted by atomic mass is 10.3. The van der Waals surface area contributed by atoms with Crippen molar-refractivity contribution in [1.29, 1.82) is 0 Å². The predicted molar refractivity (Wildman–Crippen MR) is 61.9 cm³/mol. The second kappa shape index (κ2) is 5.86. The third kappa shape index (κ3) is 3.59. The van der Waals surface area contributed by atoms with Crippen molar-refractivity contribution < 1.29 is 19.4 Å². The van der Waals surface area contributed by atoms with Gasteiger partial charge in [-0.05, 0) is 20.3 Å². The lowest BCUT2D eigenvalue weighted by Crippen LogP contribution is -2.48. The molecule has 0 aromatic carbocycles. The Hall–Kier alpha value is -1.30. The van der Waals surface area contributed by atoms with E-state index in [9.17, 15) is 9.59 Å². The first-order chi connectivity index (χ1) is 7.95. The summed E-state index contributed by atoms with van der Waals surface area (Å²) in [4.78, 5) is 25.8. The molecule has 1 saturated heterocycles.